The van der Waals surface area contributed by atoms with E-state index in [2.05, 4.69) is 4.74 Å². The number of carbonyl (C=O) groups is 1. The highest BCUT2D eigenvalue weighted by Crippen LogP contribution is 2.24. The number of hydrogen-bond donors (Lipinski definition) is 1. The molecule has 0 aliphatic carbocycles. The van der Waals surface area contributed by atoms with Crippen LogP contribution in [0.1, 0.15) is 18.9 Å². The molecule has 1 atom stereocenters. The zero-order valence-electron chi connectivity index (χ0n) is 10.6. The fraction of sp³-hybridized carbons (Fsp3) is 0.462. The second-order valence-electron chi connectivity index (χ2n) is 3.99. The Bertz CT molecular complexity index is 409. The van der Waals surface area contributed by atoms with E-state index in [1.165, 1.54) is 7.11 Å². The van der Waals surface area contributed by atoms with Crippen LogP contribution in [0.5, 0.6) is 5.75 Å². The van der Waals surface area contributed by atoms with Gasteiger partial charge in [-0.25, -0.2) is 4.79 Å². The summed E-state index contributed by atoms with van der Waals surface area (Å²) < 4.78 is 9.92. The lowest BCUT2D eigenvalue weighted by molar-refractivity contribution is -0.142. The van der Waals surface area contributed by atoms with E-state index < -0.39 is 5.97 Å². The molecule has 0 heterocycles. The number of hydrogen-bond acceptors (Lipinski definition) is 4. The van der Waals surface area contributed by atoms with Gasteiger partial charge in [0, 0.05) is 11.1 Å². The standard InChI is InChI=1S/C13H18ClNO3/c1-3-11(15)7-9-6-10(14)4-5-12(9)18-8-13(16)17-2/h4-6,11H,3,7-8,15H2,1-2H3. The predicted molar refractivity (Wildman–Crippen MR) is 70.9 cm³/mol. The Hall–Kier alpha value is -1.26. The van der Waals surface area contributed by atoms with Crippen LogP contribution < -0.4 is 10.5 Å². The third-order valence-corrected chi connectivity index (χ3v) is 2.84. The molecule has 4 nitrogen and oxygen atoms in total. The van der Waals surface area contributed by atoms with Gasteiger partial charge >= 0.3 is 5.97 Å². The van der Waals surface area contributed by atoms with Crippen molar-refractivity contribution < 1.29 is 14.3 Å². The molecule has 2 N–H and O–H groups in total. The molecule has 0 spiro atoms. The van der Waals surface area contributed by atoms with Gasteiger partial charge in [-0.15, -0.1) is 0 Å². The SMILES string of the molecule is CCC(N)Cc1cc(Cl)ccc1OCC(=O)OC. The zero-order chi connectivity index (χ0) is 13.5. The molecule has 0 bridgehead atoms. The minimum Gasteiger partial charge on any atom is -0.482 e. The van der Waals surface area contributed by atoms with Crippen LogP contribution in [0.4, 0.5) is 0 Å². The first-order valence-corrected chi connectivity index (χ1v) is 6.18. The van der Waals surface area contributed by atoms with Gasteiger partial charge < -0.3 is 15.2 Å². The molecule has 1 rings (SSSR count). The smallest absolute Gasteiger partial charge is 0.343 e. The van der Waals surface area contributed by atoms with Gasteiger partial charge in [0.1, 0.15) is 5.75 Å². The van der Waals surface area contributed by atoms with Crippen LogP contribution in [0.3, 0.4) is 0 Å². The van der Waals surface area contributed by atoms with E-state index in [1.807, 2.05) is 13.0 Å². The molecule has 100 valence electrons. The van der Waals surface area contributed by atoms with Crippen molar-refractivity contribution in [2.75, 3.05) is 13.7 Å². The Balaban J connectivity index is 2.79. The highest BCUT2D eigenvalue weighted by Gasteiger charge is 2.10. The van der Waals surface area contributed by atoms with Crippen molar-refractivity contribution in [3.63, 3.8) is 0 Å². The number of halogens is 1. The molecule has 0 amide bonds. The third-order valence-electron chi connectivity index (χ3n) is 2.60. The van der Waals surface area contributed by atoms with Gasteiger partial charge in [0.25, 0.3) is 0 Å². The lowest BCUT2D eigenvalue weighted by Gasteiger charge is -2.14. The van der Waals surface area contributed by atoms with Crippen LogP contribution in [-0.4, -0.2) is 25.7 Å². The summed E-state index contributed by atoms with van der Waals surface area (Å²) in [4.78, 5) is 11.0. The zero-order valence-corrected chi connectivity index (χ0v) is 11.4. The molecule has 0 saturated heterocycles. The number of carbonyl (C=O) groups excluding carboxylic acids is 1. The molecule has 0 aliphatic heterocycles. The molecule has 0 radical (unpaired) electrons. The Morgan fingerprint density at radius 3 is 2.83 bits per heavy atom. The van der Waals surface area contributed by atoms with E-state index in [0.717, 1.165) is 12.0 Å². The minimum absolute atomic E-state index is 0.0453. The van der Waals surface area contributed by atoms with E-state index in [1.54, 1.807) is 12.1 Å². The largest absolute Gasteiger partial charge is 0.482 e. The van der Waals surface area contributed by atoms with Crippen molar-refractivity contribution in [1.29, 1.82) is 0 Å². The average molecular weight is 272 g/mol. The number of nitrogens with two attached hydrogens (primary N) is 1. The summed E-state index contributed by atoms with van der Waals surface area (Å²) in [6, 6.07) is 5.31. The van der Waals surface area contributed by atoms with Crippen LogP contribution in [0.15, 0.2) is 18.2 Å². The molecule has 0 fully saturated rings. The Kier molecular flexibility index (Phi) is 5.95. The summed E-state index contributed by atoms with van der Waals surface area (Å²) in [7, 11) is 1.32. The van der Waals surface area contributed by atoms with E-state index in [9.17, 15) is 4.79 Å². The quantitative estimate of drug-likeness (QED) is 0.806. The van der Waals surface area contributed by atoms with Crippen molar-refractivity contribution in [3.8, 4) is 5.75 Å². The minimum atomic E-state index is -0.421. The summed E-state index contributed by atoms with van der Waals surface area (Å²) in [5.74, 6) is 0.199. The van der Waals surface area contributed by atoms with E-state index in [-0.39, 0.29) is 12.6 Å². The van der Waals surface area contributed by atoms with E-state index in [0.29, 0.717) is 17.2 Å². The first kappa shape index (κ1) is 14.8. The van der Waals surface area contributed by atoms with Crippen LogP contribution in [0, 0.1) is 0 Å². The molecule has 1 unspecified atom stereocenters. The van der Waals surface area contributed by atoms with Gasteiger partial charge in [-0.2, -0.15) is 0 Å². The van der Waals surface area contributed by atoms with Crippen molar-refractivity contribution >= 4 is 17.6 Å². The first-order valence-electron chi connectivity index (χ1n) is 5.80. The van der Waals surface area contributed by atoms with Crippen molar-refractivity contribution in [2.24, 2.45) is 5.73 Å². The maximum absolute atomic E-state index is 11.0. The van der Waals surface area contributed by atoms with Crippen LogP contribution in [-0.2, 0) is 16.0 Å². The molecular weight excluding hydrogens is 254 g/mol. The summed E-state index contributed by atoms with van der Waals surface area (Å²) in [5.41, 5.74) is 6.82. The van der Waals surface area contributed by atoms with Crippen molar-refractivity contribution in [3.05, 3.63) is 28.8 Å². The molecule has 1 aromatic carbocycles. The second kappa shape index (κ2) is 7.24. The molecule has 18 heavy (non-hydrogen) atoms. The maximum atomic E-state index is 11.0. The number of rotatable bonds is 6. The lowest BCUT2D eigenvalue weighted by Crippen LogP contribution is -2.22. The van der Waals surface area contributed by atoms with Gasteiger partial charge in [-0.3, -0.25) is 0 Å². The van der Waals surface area contributed by atoms with E-state index >= 15 is 0 Å². The summed E-state index contributed by atoms with van der Waals surface area (Å²) in [5, 5.41) is 0.624. The average Bonchev–Trinajstić information content (AvgIpc) is 2.37. The van der Waals surface area contributed by atoms with Crippen molar-refractivity contribution in [2.45, 2.75) is 25.8 Å². The van der Waals surface area contributed by atoms with Crippen LogP contribution in [0.2, 0.25) is 5.02 Å². The Morgan fingerprint density at radius 2 is 2.22 bits per heavy atom. The summed E-state index contributed by atoms with van der Waals surface area (Å²) >= 11 is 5.95. The molecule has 0 saturated carbocycles. The molecule has 0 aromatic heterocycles. The van der Waals surface area contributed by atoms with Crippen LogP contribution in [0.25, 0.3) is 0 Å². The number of methoxy groups -OCH3 is 1. The Labute approximate surface area is 112 Å². The third kappa shape index (κ3) is 4.55. The van der Waals surface area contributed by atoms with Gasteiger partial charge in [-0.05, 0) is 36.6 Å². The second-order valence-corrected chi connectivity index (χ2v) is 4.43. The Morgan fingerprint density at radius 1 is 1.50 bits per heavy atom. The van der Waals surface area contributed by atoms with Crippen molar-refractivity contribution in [1.82, 2.24) is 0 Å². The van der Waals surface area contributed by atoms with Gasteiger partial charge in [0.05, 0.1) is 7.11 Å². The summed E-state index contributed by atoms with van der Waals surface area (Å²) in [6.07, 6.45) is 1.52. The molecule has 0 aliphatic rings. The first-order chi connectivity index (χ1) is 8.56. The van der Waals surface area contributed by atoms with Gasteiger partial charge in [0.2, 0.25) is 0 Å². The highest BCUT2D eigenvalue weighted by atomic mass is 35.5. The molecular formula is C13H18ClNO3. The summed E-state index contributed by atoms with van der Waals surface area (Å²) in [6.45, 7) is 1.90. The lowest BCUT2D eigenvalue weighted by atomic mass is 10.0. The predicted octanol–water partition coefficient (Wildman–Crippen LogP) is 2.17. The maximum Gasteiger partial charge on any atom is 0.343 e. The van der Waals surface area contributed by atoms with E-state index in [4.69, 9.17) is 22.1 Å². The number of ether oxygens (including phenoxy) is 2. The molecule has 1 aromatic rings. The molecule has 5 heteroatoms. The number of esters is 1. The topological polar surface area (TPSA) is 61.5 Å². The van der Waals surface area contributed by atoms with Gasteiger partial charge in [0.15, 0.2) is 6.61 Å². The monoisotopic (exact) mass is 271 g/mol. The number of benzene rings is 1. The van der Waals surface area contributed by atoms with Crippen LogP contribution >= 0.6 is 11.6 Å². The van der Waals surface area contributed by atoms with Gasteiger partial charge in [-0.1, -0.05) is 18.5 Å². The normalized spacial score (nSPS) is 12.0. The fourth-order valence-electron chi connectivity index (χ4n) is 1.47. The highest BCUT2D eigenvalue weighted by molar-refractivity contribution is 6.30. The fourth-order valence-corrected chi connectivity index (χ4v) is 1.67.